The van der Waals surface area contributed by atoms with Gasteiger partial charge in [-0.05, 0) is 67.8 Å². The van der Waals surface area contributed by atoms with Gasteiger partial charge in [-0.25, -0.2) is 14.5 Å². The smallest absolute Gasteiger partial charge is 0.437 e. The number of anilines is 1. The van der Waals surface area contributed by atoms with Crippen LogP contribution in [-0.2, 0) is 22.7 Å². The Morgan fingerprint density at radius 1 is 0.750 bits per heavy atom. The van der Waals surface area contributed by atoms with Crippen LogP contribution >= 0.6 is 0 Å². The maximum Gasteiger partial charge on any atom is 0.437 e. The van der Waals surface area contributed by atoms with Crippen molar-refractivity contribution in [3.8, 4) is 0 Å². The van der Waals surface area contributed by atoms with Gasteiger partial charge in [0.2, 0.25) is 5.96 Å². The fraction of sp³-hybridized carbons (Fsp3) is 0.400. The van der Waals surface area contributed by atoms with Crippen LogP contribution in [0, 0.1) is 5.92 Å². The molecule has 0 bridgehead atoms. The van der Waals surface area contributed by atoms with Crippen molar-refractivity contribution in [2.45, 2.75) is 51.4 Å². The van der Waals surface area contributed by atoms with E-state index >= 15 is 0 Å². The summed E-state index contributed by atoms with van der Waals surface area (Å²) < 4.78 is 10.9. The highest BCUT2D eigenvalue weighted by Crippen LogP contribution is 2.31. The van der Waals surface area contributed by atoms with Gasteiger partial charge in [-0.3, -0.25) is 4.90 Å². The lowest BCUT2D eigenvalue weighted by molar-refractivity contribution is 0.0935. The summed E-state index contributed by atoms with van der Waals surface area (Å²) in [6.07, 6.45) is 3.17. The van der Waals surface area contributed by atoms with Gasteiger partial charge < -0.3 is 20.1 Å². The molecule has 1 saturated heterocycles. The second kappa shape index (κ2) is 15.9. The van der Waals surface area contributed by atoms with Gasteiger partial charge >= 0.3 is 12.2 Å². The minimum absolute atomic E-state index is 0.0708. The summed E-state index contributed by atoms with van der Waals surface area (Å²) in [5.74, 6) is 0.385. The van der Waals surface area contributed by atoms with Crippen molar-refractivity contribution in [3.05, 3.63) is 102 Å². The molecule has 0 atom stereocenters. The van der Waals surface area contributed by atoms with Crippen LogP contribution in [0.15, 0.2) is 96.0 Å². The van der Waals surface area contributed by atoms with Crippen molar-refractivity contribution >= 4 is 23.8 Å². The van der Waals surface area contributed by atoms with E-state index < -0.39 is 12.2 Å². The van der Waals surface area contributed by atoms with Gasteiger partial charge in [-0.1, -0.05) is 78.9 Å². The molecule has 1 saturated carbocycles. The molecule has 9 heteroatoms. The van der Waals surface area contributed by atoms with Gasteiger partial charge in [-0.15, -0.1) is 4.99 Å². The number of carbonyl (C=O) groups excluding carboxylic acids is 2. The zero-order chi connectivity index (χ0) is 30.6. The third-order valence-electron chi connectivity index (χ3n) is 8.59. The Kier molecular flexibility index (Phi) is 11.2. The van der Waals surface area contributed by atoms with Crippen LogP contribution in [0.25, 0.3) is 0 Å². The summed E-state index contributed by atoms with van der Waals surface area (Å²) in [7, 11) is 0. The van der Waals surface area contributed by atoms with E-state index in [9.17, 15) is 9.59 Å². The number of aliphatic imine (C=N–C) groups is 1. The van der Waals surface area contributed by atoms with E-state index in [1.807, 2.05) is 60.7 Å². The normalized spacial score (nSPS) is 19.3. The minimum Gasteiger partial charge on any atom is -0.444 e. The summed E-state index contributed by atoms with van der Waals surface area (Å²) in [6.45, 7) is 5.48. The summed E-state index contributed by atoms with van der Waals surface area (Å²) >= 11 is 0. The Bertz CT molecular complexity index is 1340. The number of hydrogen-bond donors (Lipinski definition) is 1. The number of hydrogen-bond acceptors (Lipinski definition) is 6. The molecule has 2 N–H and O–H groups in total. The van der Waals surface area contributed by atoms with E-state index in [1.165, 1.54) is 10.6 Å². The lowest BCUT2D eigenvalue weighted by Crippen LogP contribution is -2.50. The summed E-state index contributed by atoms with van der Waals surface area (Å²) in [5, 5.41) is 0. The first-order valence-corrected chi connectivity index (χ1v) is 15.6. The zero-order valence-corrected chi connectivity index (χ0v) is 25.3. The third kappa shape index (κ3) is 9.07. The fourth-order valence-corrected chi connectivity index (χ4v) is 6.04. The van der Waals surface area contributed by atoms with Crippen LogP contribution in [0.5, 0.6) is 0 Å². The number of benzene rings is 3. The number of ether oxygens (including phenoxy) is 2. The Labute approximate surface area is 260 Å². The van der Waals surface area contributed by atoms with Crippen molar-refractivity contribution in [1.82, 2.24) is 9.80 Å². The highest BCUT2D eigenvalue weighted by molar-refractivity contribution is 5.98. The molecule has 44 heavy (non-hydrogen) atoms. The lowest BCUT2D eigenvalue weighted by Gasteiger charge is -2.38. The van der Waals surface area contributed by atoms with Crippen LogP contribution in [0.1, 0.15) is 43.2 Å². The number of guanidine groups is 1. The number of nitrogens with zero attached hydrogens (tertiary/aromatic N) is 4. The number of carbonyl (C=O) groups is 2. The van der Waals surface area contributed by atoms with Gasteiger partial charge in [-0.2, -0.15) is 0 Å². The molecule has 9 nitrogen and oxygen atoms in total. The van der Waals surface area contributed by atoms with E-state index in [1.54, 1.807) is 0 Å². The maximum atomic E-state index is 13.3. The van der Waals surface area contributed by atoms with Crippen LogP contribution < -0.4 is 10.6 Å². The molecule has 2 fully saturated rings. The first kappa shape index (κ1) is 31.1. The lowest BCUT2D eigenvalue weighted by atomic mass is 9.83. The van der Waals surface area contributed by atoms with Crippen molar-refractivity contribution < 1.29 is 19.1 Å². The monoisotopic (exact) mass is 597 g/mol. The SMILES string of the molecule is NC(=NC(=O)OCc1ccccc1)N(C(=O)OCc1ccccc1)C1CCC(CCN2CCN(c3ccccc3)CC2)CC1. The Morgan fingerprint density at radius 3 is 1.89 bits per heavy atom. The number of piperazine rings is 1. The topological polar surface area (TPSA) is 101 Å². The van der Waals surface area contributed by atoms with Gasteiger partial charge in [0.25, 0.3) is 0 Å². The molecule has 2 aliphatic rings. The van der Waals surface area contributed by atoms with Gasteiger partial charge in [0.1, 0.15) is 13.2 Å². The first-order valence-electron chi connectivity index (χ1n) is 15.6. The summed E-state index contributed by atoms with van der Waals surface area (Å²) in [5.41, 5.74) is 9.30. The van der Waals surface area contributed by atoms with Gasteiger partial charge in [0, 0.05) is 37.9 Å². The number of nitrogens with two attached hydrogens (primary N) is 1. The van der Waals surface area contributed by atoms with Crippen molar-refractivity contribution in [3.63, 3.8) is 0 Å². The molecule has 3 aromatic rings. The number of amides is 2. The Hall–Kier alpha value is -4.37. The number of rotatable bonds is 9. The molecule has 2 amide bonds. The van der Waals surface area contributed by atoms with E-state index in [2.05, 4.69) is 45.1 Å². The van der Waals surface area contributed by atoms with Crippen molar-refractivity contribution in [1.29, 1.82) is 0 Å². The van der Waals surface area contributed by atoms with Crippen LogP contribution in [0.2, 0.25) is 0 Å². The van der Waals surface area contributed by atoms with Gasteiger partial charge in [0.15, 0.2) is 0 Å². The second-order valence-corrected chi connectivity index (χ2v) is 11.5. The highest BCUT2D eigenvalue weighted by Gasteiger charge is 2.33. The molecule has 1 aliphatic carbocycles. The van der Waals surface area contributed by atoms with Crippen molar-refractivity contribution in [2.75, 3.05) is 37.6 Å². The van der Waals surface area contributed by atoms with E-state index in [4.69, 9.17) is 15.2 Å². The molecular weight excluding hydrogens is 554 g/mol. The molecule has 5 rings (SSSR count). The summed E-state index contributed by atoms with van der Waals surface area (Å²) in [4.78, 5) is 36.2. The Balaban J connectivity index is 1.13. The maximum absolute atomic E-state index is 13.3. The predicted molar refractivity (Wildman–Crippen MR) is 172 cm³/mol. The summed E-state index contributed by atoms with van der Waals surface area (Å²) in [6, 6.07) is 29.2. The minimum atomic E-state index is -0.840. The quantitative estimate of drug-likeness (QED) is 0.237. The standard InChI is InChI=1S/C35H43N5O4/c36-33(37-34(41)43-26-29-10-4-1-5-11-29)40(35(42)44-27-30-12-6-2-7-13-30)32-18-16-28(17-19-32)20-21-38-22-24-39(25-23-38)31-14-8-3-9-15-31/h1-15,28,32H,16-27H2,(H2,36,37,41). The zero-order valence-electron chi connectivity index (χ0n) is 25.3. The molecule has 1 aliphatic heterocycles. The fourth-order valence-electron chi connectivity index (χ4n) is 6.04. The average molecular weight is 598 g/mol. The molecule has 0 unspecified atom stereocenters. The van der Waals surface area contributed by atoms with Crippen LogP contribution in [-0.4, -0.2) is 66.7 Å². The van der Waals surface area contributed by atoms with Crippen molar-refractivity contribution in [2.24, 2.45) is 16.6 Å². The molecule has 0 spiro atoms. The molecule has 0 radical (unpaired) electrons. The van der Waals surface area contributed by atoms with E-state index in [-0.39, 0.29) is 25.2 Å². The van der Waals surface area contributed by atoms with Gasteiger partial charge in [0.05, 0.1) is 0 Å². The highest BCUT2D eigenvalue weighted by atomic mass is 16.6. The van der Waals surface area contributed by atoms with E-state index in [0.717, 1.165) is 76.0 Å². The molecule has 3 aromatic carbocycles. The second-order valence-electron chi connectivity index (χ2n) is 11.5. The third-order valence-corrected chi connectivity index (χ3v) is 8.59. The molecule has 232 valence electrons. The Morgan fingerprint density at radius 2 is 1.30 bits per heavy atom. The largest absolute Gasteiger partial charge is 0.444 e. The molecular formula is C35H43N5O4. The molecule has 1 heterocycles. The molecule has 0 aromatic heterocycles. The predicted octanol–water partition coefficient (Wildman–Crippen LogP) is 6.05. The van der Waals surface area contributed by atoms with Crippen LogP contribution in [0.3, 0.4) is 0 Å². The van der Waals surface area contributed by atoms with Crippen LogP contribution in [0.4, 0.5) is 15.3 Å². The number of para-hydroxylation sites is 1. The average Bonchev–Trinajstić information content (AvgIpc) is 3.08. The first-order chi connectivity index (χ1) is 21.5. The van der Waals surface area contributed by atoms with E-state index in [0.29, 0.717) is 5.92 Å².